The van der Waals surface area contributed by atoms with Gasteiger partial charge in [-0.05, 0) is 13.0 Å². The molecule has 0 saturated heterocycles. The zero-order chi connectivity index (χ0) is 7.72. The molecular formula is C6H9N3O. The first-order chi connectivity index (χ1) is 4.61. The van der Waals surface area contributed by atoms with Gasteiger partial charge in [0.25, 0.3) is 0 Å². The van der Waals surface area contributed by atoms with Crippen molar-refractivity contribution in [2.24, 2.45) is 7.05 Å². The predicted octanol–water partition coefficient (Wildman–Crippen LogP) is -0.329. The van der Waals surface area contributed by atoms with Gasteiger partial charge in [0.1, 0.15) is 5.82 Å². The second kappa shape index (κ2) is 2.13. The van der Waals surface area contributed by atoms with Gasteiger partial charge in [-0.15, -0.1) is 0 Å². The van der Waals surface area contributed by atoms with Gasteiger partial charge in [-0.3, -0.25) is 4.57 Å². The van der Waals surface area contributed by atoms with Crippen LogP contribution in [0, 0.1) is 6.92 Å². The van der Waals surface area contributed by atoms with E-state index < -0.39 is 0 Å². The Bertz CT molecular complexity index is 302. The maximum Gasteiger partial charge on any atom is 0.349 e. The third-order valence-corrected chi connectivity index (χ3v) is 1.30. The number of nitrogens with two attached hydrogens (primary N) is 1. The minimum atomic E-state index is -0.308. The Morgan fingerprint density at radius 2 is 2.30 bits per heavy atom. The van der Waals surface area contributed by atoms with E-state index in [4.69, 9.17) is 5.73 Å². The number of rotatable bonds is 0. The molecule has 4 heteroatoms. The Morgan fingerprint density at radius 3 is 2.80 bits per heavy atom. The zero-order valence-corrected chi connectivity index (χ0v) is 5.96. The summed E-state index contributed by atoms with van der Waals surface area (Å²) in [7, 11) is 1.59. The van der Waals surface area contributed by atoms with Crippen LogP contribution in [0.4, 0.5) is 5.82 Å². The van der Waals surface area contributed by atoms with E-state index in [2.05, 4.69) is 4.98 Å². The smallest absolute Gasteiger partial charge is 0.349 e. The average molecular weight is 139 g/mol. The average Bonchev–Trinajstić information content (AvgIpc) is 1.82. The van der Waals surface area contributed by atoms with Gasteiger partial charge >= 0.3 is 5.69 Å². The third-order valence-electron chi connectivity index (χ3n) is 1.30. The van der Waals surface area contributed by atoms with Crippen molar-refractivity contribution in [3.8, 4) is 0 Å². The molecule has 0 amide bonds. The molecule has 1 aromatic rings. The number of anilines is 1. The number of hydrogen-bond donors (Lipinski definition) is 1. The molecule has 54 valence electrons. The topological polar surface area (TPSA) is 60.9 Å². The van der Waals surface area contributed by atoms with Crippen molar-refractivity contribution in [1.29, 1.82) is 0 Å². The molecule has 0 aliphatic heterocycles. The SMILES string of the molecule is Cc1cc(N)n(C)c(=O)n1. The van der Waals surface area contributed by atoms with Gasteiger partial charge < -0.3 is 5.73 Å². The summed E-state index contributed by atoms with van der Waals surface area (Å²) in [5, 5.41) is 0. The normalized spacial score (nSPS) is 9.80. The lowest BCUT2D eigenvalue weighted by Crippen LogP contribution is -2.22. The molecule has 0 aliphatic carbocycles. The van der Waals surface area contributed by atoms with Crippen LogP contribution >= 0.6 is 0 Å². The molecule has 1 heterocycles. The Balaban J connectivity index is 3.46. The highest BCUT2D eigenvalue weighted by atomic mass is 16.1. The first kappa shape index (κ1) is 6.80. The molecule has 0 fully saturated rings. The first-order valence-corrected chi connectivity index (χ1v) is 2.91. The summed E-state index contributed by atoms with van der Waals surface area (Å²) in [6.07, 6.45) is 0. The van der Waals surface area contributed by atoms with Crippen LogP contribution in [0.5, 0.6) is 0 Å². The minimum absolute atomic E-state index is 0.308. The monoisotopic (exact) mass is 139 g/mol. The van der Waals surface area contributed by atoms with Crippen molar-refractivity contribution in [2.75, 3.05) is 5.73 Å². The summed E-state index contributed by atoms with van der Waals surface area (Å²) in [5.74, 6) is 0.442. The number of nitrogens with zero attached hydrogens (tertiary/aromatic N) is 2. The van der Waals surface area contributed by atoms with Crippen LogP contribution in [-0.4, -0.2) is 9.55 Å². The summed E-state index contributed by atoms with van der Waals surface area (Å²) in [6.45, 7) is 1.73. The van der Waals surface area contributed by atoms with E-state index >= 15 is 0 Å². The highest BCUT2D eigenvalue weighted by molar-refractivity contribution is 5.29. The number of nitrogen functional groups attached to an aromatic ring is 1. The molecule has 0 bridgehead atoms. The molecule has 10 heavy (non-hydrogen) atoms. The Hall–Kier alpha value is -1.32. The highest BCUT2D eigenvalue weighted by Gasteiger charge is 1.95. The molecular weight excluding hydrogens is 130 g/mol. The van der Waals surface area contributed by atoms with Crippen LogP contribution in [0.3, 0.4) is 0 Å². The fourth-order valence-corrected chi connectivity index (χ4v) is 0.679. The van der Waals surface area contributed by atoms with E-state index in [1.807, 2.05) is 0 Å². The number of hydrogen-bond acceptors (Lipinski definition) is 3. The quantitative estimate of drug-likeness (QED) is 0.535. The highest BCUT2D eigenvalue weighted by Crippen LogP contribution is 1.95. The molecule has 0 spiro atoms. The molecule has 0 radical (unpaired) electrons. The van der Waals surface area contributed by atoms with Crippen molar-refractivity contribution >= 4 is 5.82 Å². The molecule has 0 saturated carbocycles. The van der Waals surface area contributed by atoms with Gasteiger partial charge in [0.2, 0.25) is 0 Å². The van der Waals surface area contributed by atoms with Crippen LogP contribution < -0.4 is 11.4 Å². The van der Waals surface area contributed by atoms with E-state index in [-0.39, 0.29) is 5.69 Å². The molecule has 4 nitrogen and oxygen atoms in total. The number of aryl methyl sites for hydroxylation is 1. The lowest BCUT2D eigenvalue weighted by molar-refractivity contribution is 0.812. The molecule has 0 unspecified atom stereocenters. The molecule has 1 rings (SSSR count). The summed E-state index contributed by atoms with van der Waals surface area (Å²) in [5.41, 5.74) is 5.79. The van der Waals surface area contributed by atoms with Crippen LogP contribution in [0.2, 0.25) is 0 Å². The molecule has 1 aromatic heterocycles. The molecule has 0 aromatic carbocycles. The van der Waals surface area contributed by atoms with Crippen molar-refractivity contribution in [2.45, 2.75) is 6.92 Å². The fraction of sp³-hybridized carbons (Fsp3) is 0.333. The Kier molecular flexibility index (Phi) is 1.45. The Labute approximate surface area is 58.3 Å². The summed E-state index contributed by atoms with van der Waals surface area (Å²) in [4.78, 5) is 14.5. The largest absolute Gasteiger partial charge is 0.385 e. The predicted molar refractivity (Wildman–Crippen MR) is 38.6 cm³/mol. The number of aromatic nitrogens is 2. The van der Waals surface area contributed by atoms with E-state index in [0.717, 1.165) is 0 Å². The van der Waals surface area contributed by atoms with Gasteiger partial charge in [-0.1, -0.05) is 0 Å². The second-order valence-corrected chi connectivity index (χ2v) is 2.16. The maximum atomic E-state index is 10.8. The van der Waals surface area contributed by atoms with Crippen molar-refractivity contribution in [3.05, 3.63) is 22.2 Å². The summed E-state index contributed by atoms with van der Waals surface area (Å²) < 4.78 is 1.30. The molecule has 2 N–H and O–H groups in total. The van der Waals surface area contributed by atoms with Gasteiger partial charge in [-0.2, -0.15) is 4.98 Å². The minimum Gasteiger partial charge on any atom is -0.385 e. The third kappa shape index (κ3) is 1.00. The lowest BCUT2D eigenvalue weighted by atomic mass is 10.4. The van der Waals surface area contributed by atoms with E-state index in [1.165, 1.54) is 4.57 Å². The van der Waals surface area contributed by atoms with E-state index in [1.54, 1.807) is 20.0 Å². The standard InChI is InChI=1S/C6H9N3O/c1-4-3-5(7)9(2)6(10)8-4/h3H,7H2,1-2H3. The molecule has 0 aliphatic rings. The van der Waals surface area contributed by atoms with Gasteiger partial charge in [-0.25, -0.2) is 4.79 Å². The molecule has 0 atom stereocenters. The van der Waals surface area contributed by atoms with E-state index in [0.29, 0.717) is 11.5 Å². The fourth-order valence-electron chi connectivity index (χ4n) is 0.679. The van der Waals surface area contributed by atoms with Crippen LogP contribution in [0.25, 0.3) is 0 Å². The summed E-state index contributed by atoms with van der Waals surface area (Å²) in [6, 6.07) is 1.65. The van der Waals surface area contributed by atoms with Crippen LogP contribution in [-0.2, 0) is 7.05 Å². The second-order valence-electron chi connectivity index (χ2n) is 2.16. The van der Waals surface area contributed by atoms with Crippen LogP contribution in [0.15, 0.2) is 10.9 Å². The summed E-state index contributed by atoms with van der Waals surface area (Å²) >= 11 is 0. The maximum absolute atomic E-state index is 10.8. The van der Waals surface area contributed by atoms with Crippen molar-refractivity contribution in [3.63, 3.8) is 0 Å². The van der Waals surface area contributed by atoms with Gasteiger partial charge in [0.15, 0.2) is 0 Å². The van der Waals surface area contributed by atoms with Crippen molar-refractivity contribution in [1.82, 2.24) is 9.55 Å². The van der Waals surface area contributed by atoms with Gasteiger partial charge in [0.05, 0.1) is 0 Å². The first-order valence-electron chi connectivity index (χ1n) is 2.91. The van der Waals surface area contributed by atoms with Gasteiger partial charge in [0, 0.05) is 12.7 Å². The lowest BCUT2D eigenvalue weighted by Gasteiger charge is -2.00. The van der Waals surface area contributed by atoms with Crippen LogP contribution in [0.1, 0.15) is 5.69 Å². The zero-order valence-electron chi connectivity index (χ0n) is 5.96. The van der Waals surface area contributed by atoms with E-state index in [9.17, 15) is 4.79 Å². The Morgan fingerprint density at radius 1 is 1.70 bits per heavy atom. The van der Waals surface area contributed by atoms with Crippen molar-refractivity contribution < 1.29 is 0 Å².